The average molecular weight is 583 g/mol. The van der Waals surface area contributed by atoms with E-state index in [0.29, 0.717) is 22.6 Å². The van der Waals surface area contributed by atoms with E-state index in [1.54, 1.807) is 18.2 Å². The van der Waals surface area contributed by atoms with Gasteiger partial charge in [0.25, 0.3) is 0 Å². The highest BCUT2D eigenvalue weighted by molar-refractivity contribution is 5.94. The zero-order valence-electron chi connectivity index (χ0n) is 22.8. The zero-order valence-corrected chi connectivity index (χ0v) is 22.8. The number of anilines is 1. The Morgan fingerprint density at radius 2 is 1.83 bits per heavy atom. The van der Waals surface area contributed by atoms with Crippen LogP contribution in [0.5, 0.6) is 5.75 Å². The minimum atomic E-state index is -4.83. The first-order valence-electron chi connectivity index (χ1n) is 14.2. The molecule has 8 nitrogen and oxygen atoms in total. The first-order valence-corrected chi connectivity index (χ1v) is 14.2. The van der Waals surface area contributed by atoms with Gasteiger partial charge in [0.15, 0.2) is 0 Å². The number of nitrogens with zero attached hydrogens (tertiary/aromatic N) is 2. The number of piperidine rings is 1. The van der Waals surface area contributed by atoms with Crippen molar-refractivity contribution in [1.82, 2.24) is 5.16 Å². The monoisotopic (exact) mass is 582 g/mol. The minimum absolute atomic E-state index is 0.0354. The smallest absolute Gasteiger partial charge is 0.475 e. The third kappa shape index (κ3) is 4.89. The molecular weight excluding hydrogens is 553 g/mol. The molecule has 2 saturated heterocycles. The number of aromatic nitrogens is 1. The predicted octanol–water partition coefficient (Wildman–Crippen LogP) is 7.59. The van der Waals surface area contributed by atoms with Crippen LogP contribution in [0.1, 0.15) is 71.9 Å². The number of ether oxygens (including phenoxy) is 2. The number of aromatic carboxylic acids is 1. The second-order valence-electron chi connectivity index (χ2n) is 11.4. The molecule has 1 aliphatic carbocycles. The molecule has 3 aliphatic rings. The summed E-state index contributed by atoms with van der Waals surface area (Å²) in [6, 6.07) is 11.9. The second-order valence-corrected chi connectivity index (χ2v) is 11.4. The number of carbonyl (C=O) groups is 1. The van der Waals surface area contributed by atoms with Gasteiger partial charge in [-0.2, -0.15) is 0 Å². The highest BCUT2D eigenvalue weighted by Crippen LogP contribution is 2.47. The van der Waals surface area contributed by atoms with Gasteiger partial charge in [-0.05, 0) is 81.3 Å². The molecular formula is C31H29F3N2O6. The summed E-state index contributed by atoms with van der Waals surface area (Å²) in [5, 5.41) is 14.3. The molecule has 4 heterocycles. The number of para-hydroxylation sites is 1. The summed E-state index contributed by atoms with van der Waals surface area (Å²) >= 11 is 0. The third-order valence-electron chi connectivity index (χ3n) is 8.72. The molecule has 2 bridgehead atoms. The summed E-state index contributed by atoms with van der Waals surface area (Å²) < 4.78 is 61.3. The van der Waals surface area contributed by atoms with Gasteiger partial charge in [0.1, 0.15) is 22.8 Å². The quantitative estimate of drug-likeness (QED) is 0.227. The highest BCUT2D eigenvalue weighted by atomic mass is 19.4. The number of furan rings is 1. The fourth-order valence-electron chi connectivity index (χ4n) is 6.70. The summed E-state index contributed by atoms with van der Waals surface area (Å²) in [5.74, 6) is -0.624. The number of fused-ring (bicyclic) bond motifs is 3. The Morgan fingerprint density at radius 3 is 2.52 bits per heavy atom. The van der Waals surface area contributed by atoms with Gasteiger partial charge < -0.3 is 28.4 Å². The lowest BCUT2D eigenvalue weighted by Crippen LogP contribution is -2.45. The average Bonchev–Trinajstić information content (AvgIpc) is 3.44. The van der Waals surface area contributed by atoms with E-state index >= 15 is 0 Å². The van der Waals surface area contributed by atoms with Gasteiger partial charge in [-0.25, -0.2) is 4.79 Å². The van der Waals surface area contributed by atoms with Crippen molar-refractivity contribution in [2.45, 2.75) is 82.5 Å². The van der Waals surface area contributed by atoms with Crippen molar-refractivity contribution in [3.05, 3.63) is 65.1 Å². The van der Waals surface area contributed by atoms with Crippen molar-refractivity contribution in [1.29, 1.82) is 0 Å². The Morgan fingerprint density at radius 1 is 1.10 bits per heavy atom. The maximum absolute atomic E-state index is 13.1. The number of benzene rings is 2. The fourth-order valence-corrected chi connectivity index (χ4v) is 6.70. The topological polar surface area (TPSA) is 98.2 Å². The SMILES string of the molecule is Cc1c(N2[C@@H]3CC[C@H]2CC(OCc2c(-c4ccccc4OC(F)(F)F)noc2C2CC2)C3)ccc2oc(C(=O)O)cc12. The van der Waals surface area contributed by atoms with Crippen LogP contribution in [0.15, 0.2) is 51.4 Å². The van der Waals surface area contributed by atoms with Crippen LogP contribution < -0.4 is 9.64 Å². The lowest BCUT2D eigenvalue weighted by molar-refractivity contribution is -0.274. The molecule has 2 aromatic carbocycles. The molecule has 4 aromatic rings. The first-order chi connectivity index (χ1) is 20.2. The molecule has 2 aromatic heterocycles. The van der Waals surface area contributed by atoms with E-state index in [0.717, 1.165) is 55.2 Å². The van der Waals surface area contributed by atoms with Crippen molar-refractivity contribution >= 4 is 22.6 Å². The fraction of sp³-hybridized carbons (Fsp3) is 0.419. The highest BCUT2D eigenvalue weighted by Gasteiger charge is 2.42. The first kappa shape index (κ1) is 26.9. The Hall–Kier alpha value is -3.99. The lowest BCUT2D eigenvalue weighted by atomic mass is 9.96. The number of rotatable bonds is 8. The van der Waals surface area contributed by atoms with Gasteiger partial charge in [0.05, 0.1) is 12.7 Å². The van der Waals surface area contributed by atoms with Crippen LogP contribution in [-0.4, -0.2) is 40.8 Å². The van der Waals surface area contributed by atoms with Crippen molar-refractivity contribution in [2.24, 2.45) is 0 Å². The predicted molar refractivity (Wildman–Crippen MR) is 146 cm³/mol. The summed E-state index contributed by atoms with van der Waals surface area (Å²) in [5.41, 5.74) is 3.84. The van der Waals surface area contributed by atoms with E-state index in [9.17, 15) is 23.1 Å². The molecule has 42 heavy (non-hydrogen) atoms. The van der Waals surface area contributed by atoms with Gasteiger partial charge in [-0.15, -0.1) is 13.2 Å². The molecule has 11 heteroatoms. The number of carboxylic acid groups (broad SMARTS) is 1. The van der Waals surface area contributed by atoms with E-state index < -0.39 is 12.3 Å². The van der Waals surface area contributed by atoms with E-state index in [1.807, 2.05) is 19.1 Å². The second kappa shape index (κ2) is 10.1. The maximum Gasteiger partial charge on any atom is 0.573 e. The van der Waals surface area contributed by atoms with Gasteiger partial charge in [0, 0.05) is 40.2 Å². The van der Waals surface area contributed by atoms with Gasteiger partial charge >= 0.3 is 12.3 Å². The molecule has 0 radical (unpaired) electrons. The molecule has 220 valence electrons. The molecule has 2 aliphatic heterocycles. The molecule has 7 rings (SSSR count). The summed E-state index contributed by atoms with van der Waals surface area (Å²) in [6.07, 6.45) is 0.649. The molecule has 1 saturated carbocycles. The largest absolute Gasteiger partial charge is 0.573 e. The summed E-state index contributed by atoms with van der Waals surface area (Å²) in [7, 11) is 0. The Labute approximate surface area is 239 Å². The standard InChI is InChI=1S/C31H29F3N2O6/c1-16-22-14-27(30(37)38)40-25(22)11-10-24(16)36-18-8-9-19(36)13-20(12-18)39-15-23-28(35-42-29(23)17-6-7-17)21-4-2-3-5-26(21)41-31(32,33)34/h2-5,10-11,14,17-20H,6-9,12-13,15H2,1H3,(H,37,38)/t18-,19+,20?. The normalized spacial score (nSPS) is 22.2. The summed E-state index contributed by atoms with van der Waals surface area (Å²) in [6.45, 7) is 2.18. The van der Waals surface area contributed by atoms with Crippen LogP contribution in [0.25, 0.3) is 22.2 Å². The molecule has 1 unspecified atom stereocenters. The minimum Gasteiger partial charge on any atom is -0.475 e. The molecule has 0 spiro atoms. The summed E-state index contributed by atoms with van der Waals surface area (Å²) in [4.78, 5) is 13.9. The number of aryl methyl sites for hydroxylation is 1. The number of alkyl halides is 3. The van der Waals surface area contributed by atoms with E-state index in [1.165, 1.54) is 12.1 Å². The van der Waals surface area contributed by atoms with Crippen LogP contribution in [0.2, 0.25) is 0 Å². The van der Waals surface area contributed by atoms with Crippen LogP contribution >= 0.6 is 0 Å². The Balaban J connectivity index is 1.11. The molecule has 1 N–H and O–H groups in total. The molecule has 0 amide bonds. The van der Waals surface area contributed by atoms with Crippen molar-refractivity contribution < 1.29 is 41.5 Å². The number of carboxylic acids is 1. The Bertz CT molecular complexity index is 1640. The van der Waals surface area contributed by atoms with Crippen LogP contribution in [-0.2, 0) is 11.3 Å². The number of hydrogen-bond acceptors (Lipinski definition) is 7. The van der Waals surface area contributed by atoms with Gasteiger partial charge in [-0.1, -0.05) is 17.3 Å². The maximum atomic E-state index is 13.1. The van der Waals surface area contributed by atoms with E-state index in [-0.39, 0.29) is 47.8 Å². The van der Waals surface area contributed by atoms with Crippen molar-refractivity contribution in [3.8, 4) is 17.0 Å². The van der Waals surface area contributed by atoms with E-state index in [2.05, 4.69) is 14.8 Å². The number of halogens is 3. The van der Waals surface area contributed by atoms with Crippen molar-refractivity contribution in [2.75, 3.05) is 4.90 Å². The van der Waals surface area contributed by atoms with Crippen LogP contribution in [0.4, 0.5) is 18.9 Å². The lowest BCUT2D eigenvalue weighted by Gasteiger charge is -2.41. The van der Waals surface area contributed by atoms with Crippen LogP contribution in [0, 0.1) is 6.92 Å². The zero-order chi connectivity index (χ0) is 29.2. The van der Waals surface area contributed by atoms with Gasteiger partial charge in [-0.3, -0.25) is 0 Å². The third-order valence-corrected chi connectivity index (χ3v) is 8.72. The molecule has 3 fully saturated rings. The van der Waals surface area contributed by atoms with Gasteiger partial charge in [0.2, 0.25) is 5.76 Å². The number of hydrogen-bond donors (Lipinski definition) is 1. The van der Waals surface area contributed by atoms with Crippen molar-refractivity contribution in [3.63, 3.8) is 0 Å². The van der Waals surface area contributed by atoms with Crippen LogP contribution in [0.3, 0.4) is 0 Å². The van der Waals surface area contributed by atoms with E-state index in [4.69, 9.17) is 13.7 Å². The Kier molecular flexibility index (Phi) is 6.45. The molecule has 3 atom stereocenters.